The molecule has 1 fully saturated rings. The van der Waals surface area contributed by atoms with Crippen molar-refractivity contribution in [2.24, 2.45) is 5.92 Å². The Morgan fingerprint density at radius 2 is 2.18 bits per heavy atom. The quantitative estimate of drug-likeness (QED) is 0.623. The van der Waals surface area contributed by atoms with Crippen LogP contribution in [0.5, 0.6) is 0 Å². The van der Waals surface area contributed by atoms with Gasteiger partial charge in [0.2, 0.25) is 0 Å². The van der Waals surface area contributed by atoms with Crippen LogP contribution < -0.4 is 16.4 Å². The number of hydrogen-bond acceptors (Lipinski definition) is 3. The van der Waals surface area contributed by atoms with Crippen LogP contribution in [-0.2, 0) is 0 Å². The largest absolute Gasteiger partial charge is 0.465 e. The van der Waals surface area contributed by atoms with Gasteiger partial charge in [-0.25, -0.2) is 4.79 Å². The minimum Gasteiger partial charge on any atom is -0.465 e. The summed E-state index contributed by atoms with van der Waals surface area (Å²) in [6.45, 7) is 0.857. The maximum atomic E-state index is 10.6. The zero-order valence-electron chi connectivity index (χ0n) is 9.16. The lowest BCUT2D eigenvalue weighted by atomic mass is 10.2. The van der Waals surface area contributed by atoms with Crippen LogP contribution in [0.3, 0.4) is 0 Å². The first-order chi connectivity index (χ1) is 8.06. The van der Waals surface area contributed by atoms with E-state index in [0.717, 1.165) is 6.54 Å². The van der Waals surface area contributed by atoms with Gasteiger partial charge in [-0.15, -0.1) is 0 Å². The van der Waals surface area contributed by atoms with E-state index in [9.17, 15) is 4.79 Å². The number of carbonyl (C=O) groups is 1. The standard InChI is InChI=1S/C11H14ClN3O2/c12-7-3-8(13)10(15-11(16)17)4-9(7)14-5-6-1-2-6/h3-4,6,14-15H,1-2,5,13H2,(H,16,17). The molecule has 2 rings (SSSR count). The molecule has 1 aliphatic carbocycles. The molecule has 1 aliphatic rings. The van der Waals surface area contributed by atoms with Gasteiger partial charge in [0.15, 0.2) is 0 Å². The summed E-state index contributed by atoms with van der Waals surface area (Å²) in [5.41, 5.74) is 7.04. The second-order valence-electron chi connectivity index (χ2n) is 4.17. The number of benzene rings is 1. The zero-order valence-corrected chi connectivity index (χ0v) is 9.92. The maximum absolute atomic E-state index is 10.6. The molecule has 0 bridgehead atoms. The summed E-state index contributed by atoms with van der Waals surface area (Å²) in [4.78, 5) is 10.6. The average molecular weight is 256 g/mol. The average Bonchev–Trinajstić information content (AvgIpc) is 3.03. The SMILES string of the molecule is Nc1cc(Cl)c(NCC2CC2)cc1NC(=O)O. The van der Waals surface area contributed by atoms with Crippen LogP contribution in [0.1, 0.15) is 12.8 Å². The summed E-state index contributed by atoms with van der Waals surface area (Å²) in [6, 6.07) is 3.16. The molecule has 1 saturated carbocycles. The van der Waals surface area contributed by atoms with Gasteiger partial charge in [0.05, 0.1) is 22.1 Å². The third kappa shape index (κ3) is 3.17. The Labute approximate surface area is 104 Å². The molecule has 0 atom stereocenters. The summed E-state index contributed by atoms with van der Waals surface area (Å²) in [6.07, 6.45) is 1.33. The lowest BCUT2D eigenvalue weighted by Crippen LogP contribution is -2.11. The van der Waals surface area contributed by atoms with Crippen molar-refractivity contribution >= 4 is 34.8 Å². The highest BCUT2D eigenvalue weighted by Gasteiger charge is 2.21. The molecule has 0 saturated heterocycles. The van der Waals surface area contributed by atoms with Gasteiger partial charge in [-0.2, -0.15) is 0 Å². The summed E-state index contributed by atoms with van der Waals surface area (Å²) in [5, 5.41) is 14.6. The van der Waals surface area contributed by atoms with E-state index in [0.29, 0.717) is 28.0 Å². The molecule has 17 heavy (non-hydrogen) atoms. The summed E-state index contributed by atoms with van der Waals surface area (Å²) in [5.74, 6) is 0.708. The van der Waals surface area contributed by atoms with Gasteiger partial charge in [-0.3, -0.25) is 5.32 Å². The summed E-state index contributed by atoms with van der Waals surface area (Å²) < 4.78 is 0. The van der Waals surface area contributed by atoms with Crippen LogP contribution in [0.15, 0.2) is 12.1 Å². The van der Waals surface area contributed by atoms with Gasteiger partial charge < -0.3 is 16.2 Å². The molecule has 0 aromatic heterocycles. The molecule has 6 heteroatoms. The Bertz CT molecular complexity index is 447. The van der Waals surface area contributed by atoms with Crippen LogP contribution in [0.2, 0.25) is 5.02 Å². The summed E-state index contributed by atoms with van der Waals surface area (Å²) >= 11 is 6.02. The number of anilines is 3. The van der Waals surface area contributed by atoms with Crippen molar-refractivity contribution in [2.45, 2.75) is 12.8 Å². The fourth-order valence-electron chi connectivity index (χ4n) is 1.52. The van der Waals surface area contributed by atoms with Crippen molar-refractivity contribution in [3.8, 4) is 0 Å². The van der Waals surface area contributed by atoms with Crippen molar-refractivity contribution in [2.75, 3.05) is 22.9 Å². The van der Waals surface area contributed by atoms with Crippen LogP contribution in [0.25, 0.3) is 0 Å². The van der Waals surface area contributed by atoms with Gasteiger partial charge in [-0.1, -0.05) is 11.6 Å². The lowest BCUT2D eigenvalue weighted by Gasteiger charge is -2.12. The number of hydrogen-bond donors (Lipinski definition) is 4. The van der Waals surface area contributed by atoms with Gasteiger partial charge in [0, 0.05) is 6.54 Å². The van der Waals surface area contributed by atoms with E-state index < -0.39 is 6.09 Å². The van der Waals surface area contributed by atoms with Crippen molar-refractivity contribution in [1.29, 1.82) is 0 Å². The fraction of sp³-hybridized carbons (Fsp3) is 0.364. The van der Waals surface area contributed by atoms with Crippen molar-refractivity contribution in [3.05, 3.63) is 17.2 Å². The van der Waals surface area contributed by atoms with E-state index in [1.54, 1.807) is 12.1 Å². The summed E-state index contributed by atoms with van der Waals surface area (Å²) in [7, 11) is 0. The van der Waals surface area contributed by atoms with Gasteiger partial charge in [0.1, 0.15) is 0 Å². The Morgan fingerprint density at radius 1 is 1.47 bits per heavy atom. The topological polar surface area (TPSA) is 87.4 Å². The minimum absolute atomic E-state index is 0.314. The maximum Gasteiger partial charge on any atom is 0.409 e. The van der Waals surface area contributed by atoms with E-state index in [4.69, 9.17) is 22.4 Å². The molecule has 0 radical (unpaired) electrons. The third-order valence-corrected chi connectivity index (χ3v) is 2.97. The van der Waals surface area contributed by atoms with Gasteiger partial charge >= 0.3 is 6.09 Å². The molecule has 92 valence electrons. The minimum atomic E-state index is -1.15. The number of rotatable bonds is 4. The highest BCUT2D eigenvalue weighted by atomic mass is 35.5. The molecular formula is C11H14ClN3O2. The number of halogens is 1. The van der Waals surface area contributed by atoms with Crippen LogP contribution in [0, 0.1) is 5.92 Å². The van der Waals surface area contributed by atoms with E-state index in [-0.39, 0.29) is 0 Å². The van der Waals surface area contributed by atoms with Crippen molar-refractivity contribution in [1.82, 2.24) is 0 Å². The van der Waals surface area contributed by atoms with E-state index in [1.807, 2.05) is 0 Å². The Hall–Kier alpha value is -1.62. The first kappa shape index (κ1) is 11.9. The van der Waals surface area contributed by atoms with Crippen LogP contribution in [-0.4, -0.2) is 17.7 Å². The van der Waals surface area contributed by atoms with Crippen LogP contribution in [0.4, 0.5) is 21.9 Å². The van der Waals surface area contributed by atoms with E-state index in [2.05, 4.69) is 10.6 Å². The molecule has 0 aliphatic heterocycles. The van der Waals surface area contributed by atoms with Crippen LogP contribution >= 0.6 is 11.6 Å². The number of nitrogen functional groups attached to an aromatic ring is 1. The van der Waals surface area contributed by atoms with Gasteiger partial charge in [0.25, 0.3) is 0 Å². The smallest absolute Gasteiger partial charge is 0.409 e. The predicted molar refractivity (Wildman–Crippen MR) is 68.7 cm³/mol. The molecule has 0 heterocycles. The number of carboxylic acid groups (broad SMARTS) is 1. The van der Waals surface area contributed by atoms with Crippen molar-refractivity contribution in [3.63, 3.8) is 0 Å². The molecular weight excluding hydrogens is 242 g/mol. The number of nitrogens with two attached hydrogens (primary N) is 1. The van der Waals surface area contributed by atoms with E-state index >= 15 is 0 Å². The van der Waals surface area contributed by atoms with Gasteiger partial charge in [-0.05, 0) is 30.9 Å². The Kier molecular flexibility index (Phi) is 3.28. The second kappa shape index (κ2) is 4.71. The normalized spacial score (nSPS) is 14.4. The lowest BCUT2D eigenvalue weighted by molar-refractivity contribution is 0.210. The Morgan fingerprint density at radius 3 is 2.76 bits per heavy atom. The fourth-order valence-corrected chi connectivity index (χ4v) is 1.76. The predicted octanol–water partition coefficient (Wildman–Crippen LogP) is 2.83. The molecule has 5 nitrogen and oxygen atoms in total. The molecule has 1 aromatic rings. The second-order valence-corrected chi connectivity index (χ2v) is 4.58. The Balaban J connectivity index is 2.14. The molecule has 1 amide bonds. The number of nitrogens with one attached hydrogen (secondary N) is 2. The highest BCUT2D eigenvalue weighted by molar-refractivity contribution is 6.33. The third-order valence-electron chi connectivity index (χ3n) is 2.66. The molecule has 0 spiro atoms. The first-order valence-electron chi connectivity index (χ1n) is 5.39. The zero-order chi connectivity index (χ0) is 12.4. The number of amides is 1. The highest BCUT2D eigenvalue weighted by Crippen LogP contribution is 2.33. The molecule has 5 N–H and O–H groups in total. The molecule has 0 unspecified atom stereocenters. The van der Waals surface area contributed by atoms with Crippen molar-refractivity contribution < 1.29 is 9.90 Å². The monoisotopic (exact) mass is 255 g/mol. The van der Waals surface area contributed by atoms with E-state index in [1.165, 1.54) is 12.8 Å². The first-order valence-corrected chi connectivity index (χ1v) is 5.77. The molecule has 1 aromatic carbocycles.